The normalized spacial score (nSPS) is 12.0. The molecular formula is C20H12F3N5O3. The largest absolute Gasteiger partial charge is 0.459 e. The molecule has 0 aliphatic heterocycles. The number of benzene rings is 1. The SMILES string of the molecule is Cc1[nH]c2c(-c3ccccc3)c(C(F)(F)F)nn2c(=O)c1-c1nnc(-c2ccco2)o1. The fourth-order valence-corrected chi connectivity index (χ4v) is 3.34. The van der Waals surface area contributed by atoms with Gasteiger partial charge in [0.05, 0.1) is 11.8 Å². The van der Waals surface area contributed by atoms with E-state index in [-0.39, 0.29) is 39.8 Å². The van der Waals surface area contributed by atoms with E-state index in [4.69, 9.17) is 8.83 Å². The van der Waals surface area contributed by atoms with Crippen LogP contribution in [0.1, 0.15) is 11.4 Å². The summed E-state index contributed by atoms with van der Waals surface area (Å²) < 4.78 is 52.6. The average Bonchev–Trinajstić information content (AvgIpc) is 3.47. The third-order valence-corrected chi connectivity index (χ3v) is 4.67. The van der Waals surface area contributed by atoms with Crippen LogP contribution in [0.4, 0.5) is 13.2 Å². The Hall–Kier alpha value is -4.15. The molecule has 0 unspecified atom stereocenters. The number of aromatic amines is 1. The number of nitrogens with zero attached hydrogens (tertiary/aromatic N) is 4. The molecule has 0 aliphatic rings. The van der Waals surface area contributed by atoms with Crippen LogP contribution >= 0.6 is 0 Å². The number of rotatable bonds is 3. The van der Waals surface area contributed by atoms with Crippen LogP contribution in [0, 0.1) is 6.92 Å². The Morgan fingerprint density at radius 2 is 1.74 bits per heavy atom. The lowest BCUT2D eigenvalue weighted by atomic mass is 10.1. The Morgan fingerprint density at radius 3 is 2.42 bits per heavy atom. The van der Waals surface area contributed by atoms with Crippen molar-refractivity contribution in [2.24, 2.45) is 0 Å². The van der Waals surface area contributed by atoms with Crippen LogP contribution in [0.5, 0.6) is 0 Å². The van der Waals surface area contributed by atoms with Gasteiger partial charge in [-0.05, 0) is 24.6 Å². The minimum absolute atomic E-state index is 0.0281. The quantitative estimate of drug-likeness (QED) is 0.460. The summed E-state index contributed by atoms with van der Waals surface area (Å²) in [6.45, 7) is 1.53. The molecule has 4 aromatic heterocycles. The minimum Gasteiger partial charge on any atom is -0.459 e. The number of fused-ring (bicyclic) bond motifs is 1. The van der Waals surface area contributed by atoms with Crippen molar-refractivity contribution in [1.29, 1.82) is 0 Å². The van der Waals surface area contributed by atoms with Gasteiger partial charge in [0, 0.05) is 5.69 Å². The van der Waals surface area contributed by atoms with Crippen LogP contribution < -0.4 is 5.56 Å². The zero-order valence-electron chi connectivity index (χ0n) is 15.8. The lowest BCUT2D eigenvalue weighted by Crippen LogP contribution is -2.20. The van der Waals surface area contributed by atoms with Gasteiger partial charge in [-0.1, -0.05) is 30.3 Å². The van der Waals surface area contributed by atoms with Crippen LogP contribution in [0.15, 0.2) is 62.4 Å². The van der Waals surface area contributed by atoms with Crippen LogP contribution in [0.3, 0.4) is 0 Å². The van der Waals surface area contributed by atoms with E-state index in [0.29, 0.717) is 10.3 Å². The van der Waals surface area contributed by atoms with Crippen molar-refractivity contribution in [2.75, 3.05) is 0 Å². The van der Waals surface area contributed by atoms with E-state index in [2.05, 4.69) is 20.3 Å². The molecule has 0 fully saturated rings. The molecule has 0 atom stereocenters. The highest BCUT2D eigenvalue weighted by atomic mass is 19.4. The van der Waals surface area contributed by atoms with Crippen LogP contribution in [-0.2, 0) is 6.18 Å². The topological polar surface area (TPSA) is 102 Å². The Morgan fingerprint density at radius 1 is 1.00 bits per heavy atom. The Bertz CT molecular complexity index is 1450. The van der Waals surface area contributed by atoms with Crippen molar-refractivity contribution in [1.82, 2.24) is 24.8 Å². The molecule has 0 aliphatic carbocycles. The molecule has 0 spiro atoms. The molecule has 31 heavy (non-hydrogen) atoms. The molecular weight excluding hydrogens is 415 g/mol. The summed E-state index contributed by atoms with van der Waals surface area (Å²) in [5.41, 5.74) is -1.88. The van der Waals surface area contributed by atoms with Crippen molar-refractivity contribution in [3.63, 3.8) is 0 Å². The van der Waals surface area contributed by atoms with Crippen LogP contribution in [-0.4, -0.2) is 24.8 Å². The minimum atomic E-state index is -4.78. The number of furan rings is 1. The highest BCUT2D eigenvalue weighted by Crippen LogP contribution is 2.38. The standard InChI is InChI=1S/C20H12F3N5O3/c1-10-13(18-26-25-17(31-18)12-8-5-9-30-12)19(29)28-16(24-10)14(11-6-3-2-4-7-11)15(27-28)20(21,22)23/h2-9,24H,1H3. The number of H-pyrrole nitrogens is 1. The maximum Gasteiger partial charge on any atom is 0.435 e. The molecule has 156 valence electrons. The second-order valence-corrected chi connectivity index (χ2v) is 6.67. The fraction of sp³-hybridized carbons (Fsp3) is 0.100. The first kappa shape index (κ1) is 18.9. The van der Waals surface area contributed by atoms with Gasteiger partial charge in [-0.2, -0.15) is 22.8 Å². The lowest BCUT2D eigenvalue weighted by Gasteiger charge is -2.07. The third kappa shape index (κ3) is 3.01. The fourth-order valence-electron chi connectivity index (χ4n) is 3.34. The first-order valence-corrected chi connectivity index (χ1v) is 9.00. The molecule has 1 N–H and O–H groups in total. The van der Waals surface area contributed by atoms with E-state index in [1.807, 2.05) is 0 Å². The molecule has 5 rings (SSSR count). The Balaban J connectivity index is 1.77. The van der Waals surface area contributed by atoms with Gasteiger partial charge in [-0.3, -0.25) is 4.79 Å². The van der Waals surface area contributed by atoms with Gasteiger partial charge in [0.15, 0.2) is 11.5 Å². The van der Waals surface area contributed by atoms with Gasteiger partial charge >= 0.3 is 6.18 Å². The Labute approximate surface area is 171 Å². The second-order valence-electron chi connectivity index (χ2n) is 6.67. The first-order chi connectivity index (χ1) is 14.8. The van der Waals surface area contributed by atoms with E-state index in [1.165, 1.54) is 25.3 Å². The van der Waals surface area contributed by atoms with E-state index < -0.39 is 17.4 Å². The molecule has 0 radical (unpaired) electrons. The van der Waals surface area contributed by atoms with Gasteiger partial charge in [-0.25, -0.2) is 0 Å². The van der Waals surface area contributed by atoms with Gasteiger partial charge in [0.1, 0.15) is 11.2 Å². The van der Waals surface area contributed by atoms with Crippen molar-refractivity contribution in [2.45, 2.75) is 13.1 Å². The number of halogens is 3. The predicted octanol–water partition coefficient (Wildman–Crippen LogP) is 4.33. The van der Waals surface area contributed by atoms with E-state index in [1.54, 1.807) is 30.3 Å². The molecule has 8 nitrogen and oxygen atoms in total. The highest BCUT2D eigenvalue weighted by molar-refractivity contribution is 5.81. The van der Waals surface area contributed by atoms with Gasteiger partial charge < -0.3 is 13.8 Å². The summed E-state index contributed by atoms with van der Waals surface area (Å²) in [5.74, 6) is 0.149. The summed E-state index contributed by atoms with van der Waals surface area (Å²) in [5, 5.41) is 11.3. The summed E-state index contributed by atoms with van der Waals surface area (Å²) in [7, 11) is 0. The number of hydrogen-bond acceptors (Lipinski definition) is 6. The van der Waals surface area contributed by atoms with E-state index >= 15 is 0 Å². The third-order valence-electron chi connectivity index (χ3n) is 4.67. The van der Waals surface area contributed by atoms with Crippen molar-refractivity contribution >= 4 is 5.65 Å². The molecule has 0 bridgehead atoms. The van der Waals surface area contributed by atoms with Gasteiger partial charge in [0.25, 0.3) is 17.3 Å². The molecule has 11 heteroatoms. The highest BCUT2D eigenvalue weighted by Gasteiger charge is 2.39. The molecule has 0 saturated heterocycles. The molecule has 5 aromatic rings. The maximum absolute atomic E-state index is 13.7. The van der Waals surface area contributed by atoms with Crippen molar-refractivity contribution in [3.05, 3.63) is 70.5 Å². The molecule has 4 heterocycles. The number of aromatic nitrogens is 5. The summed E-state index contributed by atoms with van der Waals surface area (Å²) in [6.07, 6.45) is -3.36. The number of alkyl halides is 3. The van der Waals surface area contributed by atoms with Gasteiger partial charge in [-0.15, -0.1) is 10.2 Å². The van der Waals surface area contributed by atoms with Crippen molar-refractivity contribution in [3.8, 4) is 34.2 Å². The van der Waals surface area contributed by atoms with E-state index in [9.17, 15) is 18.0 Å². The van der Waals surface area contributed by atoms with E-state index in [0.717, 1.165) is 0 Å². The van der Waals surface area contributed by atoms with Gasteiger partial charge in [0.2, 0.25) is 0 Å². The maximum atomic E-state index is 13.7. The second kappa shape index (κ2) is 6.69. The lowest BCUT2D eigenvalue weighted by molar-refractivity contribution is -0.140. The zero-order chi connectivity index (χ0) is 21.8. The molecule has 0 saturated carbocycles. The molecule has 0 amide bonds. The monoisotopic (exact) mass is 427 g/mol. The molecule has 1 aromatic carbocycles. The van der Waals surface area contributed by atoms with Crippen LogP contribution in [0.25, 0.3) is 39.9 Å². The average molecular weight is 427 g/mol. The number of nitrogens with one attached hydrogen (secondary N) is 1. The summed E-state index contributed by atoms with van der Waals surface area (Å²) in [6, 6.07) is 11.1. The summed E-state index contributed by atoms with van der Waals surface area (Å²) >= 11 is 0. The summed E-state index contributed by atoms with van der Waals surface area (Å²) in [4.78, 5) is 16.0. The first-order valence-electron chi connectivity index (χ1n) is 9.00. The number of aryl methyl sites for hydroxylation is 1. The number of hydrogen-bond donors (Lipinski definition) is 1. The van der Waals surface area contributed by atoms with Crippen molar-refractivity contribution < 1.29 is 22.0 Å². The van der Waals surface area contributed by atoms with Crippen LogP contribution in [0.2, 0.25) is 0 Å². The predicted molar refractivity (Wildman–Crippen MR) is 102 cm³/mol. The Kier molecular flexibility index (Phi) is 4.07. The smallest absolute Gasteiger partial charge is 0.435 e. The zero-order valence-corrected chi connectivity index (χ0v) is 15.8.